The predicted octanol–water partition coefficient (Wildman–Crippen LogP) is 2.32. The number of nitrogens with zero attached hydrogens (tertiary/aromatic N) is 2. The van der Waals surface area contributed by atoms with Crippen molar-refractivity contribution in [3.05, 3.63) is 27.1 Å². The number of fused-ring (bicyclic) bond motifs is 1. The third-order valence-corrected chi connectivity index (χ3v) is 7.88. The van der Waals surface area contributed by atoms with E-state index < -0.39 is 6.04 Å². The van der Waals surface area contributed by atoms with E-state index in [-0.39, 0.29) is 24.1 Å². The first kappa shape index (κ1) is 23.4. The van der Waals surface area contributed by atoms with E-state index in [2.05, 4.69) is 20.3 Å². The SMILES string of the molecule is CNC(=O)C(CCC=O)N1Cc2c(csc2CNSc2sc(NC(C)=O)nc2C)C1=O. The maximum absolute atomic E-state index is 12.9. The van der Waals surface area contributed by atoms with Gasteiger partial charge in [0.05, 0.1) is 11.3 Å². The van der Waals surface area contributed by atoms with Crippen LogP contribution in [-0.4, -0.2) is 47.0 Å². The molecular weight excluding hydrogens is 458 g/mol. The Morgan fingerprint density at radius 3 is 2.87 bits per heavy atom. The number of carbonyl (C=O) groups excluding carboxylic acids is 4. The van der Waals surface area contributed by atoms with Gasteiger partial charge in [0.25, 0.3) is 5.91 Å². The fourth-order valence-corrected chi connectivity index (χ4v) is 6.18. The maximum atomic E-state index is 12.9. The van der Waals surface area contributed by atoms with Crippen molar-refractivity contribution in [1.29, 1.82) is 0 Å². The summed E-state index contributed by atoms with van der Waals surface area (Å²) in [6.45, 7) is 4.21. The smallest absolute Gasteiger partial charge is 0.256 e. The predicted molar refractivity (Wildman–Crippen MR) is 121 cm³/mol. The molecule has 0 aliphatic carbocycles. The zero-order valence-electron chi connectivity index (χ0n) is 17.3. The molecular formula is C19H23N5O4S3. The number of thiophene rings is 1. The van der Waals surface area contributed by atoms with E-state index in [9.17, 15) is 19.2 Å². The molecule has 3 N–H and O–H groups in total. The van der Waals surface area contributed by atoms with E-state index in [0.29, 0.717) is 30.2 Å². The summed E-state index contributed by atoms with van der Waals surface area (Å²) in [5.41, 5.74) is 2.37. The summed E-state index contributed by atoms with van der Waals surface area (Å²) in [6.07, 6.45) is 1.28. The molecule has 0 fully saturated rings. The van der Waals surface area contributed by atoms with E-state index in [0.717, 1.165) is 26.6 Å². The van der Waals surface area contributed by atoms with Crippen LogP contribution in [0.3, 0.4) is 0 Å². The minimum Gasteiger partial charge on any atom is -0.357 e. The van der Waals surface area contributed by atoms with Crippen molar-refractivity contribution in [2.45, 2.75) is 50.0 Å². The normalized spacial score (nSPS) is 13.8. The summed E-state index contributed by atoms with van der Waals surface area (Å²) in [7, 11) is 1.53. The van der Waals surface area contributed by atoms with Crippen LogP contribution in [0.1, 0.15) is 46.3 Å². The molecule has 3 rings (SSSR count). The zero-order chi connectivity index (χ0) is 22.5. The molecule has 166 valence electrons. The minimum absolute atomic E-state index is 0.162. The number of nitrogens with one attached hydrogen (secondary N) is 3. The molecule has 1 unspecified atom stereocenters. The molecule has 9 nitrogen and oxygen atoms in total. The van der Waals surface area contributed by atoms with Crippen molar-refractivity contribution in [3.8, 4) is 0 Å². The highest BCUT2D eigenvalue weighted by atomic mass is 32.2. The van der Waals surface area contributed by atoms with Gasteiger partial charge in [-0.2, -0.15) is 0 Å². The lowest BCUT2D eigenvalue weighted by atomic mass is 10.1. The van der Waals surface area contributed by atoms with Crippen LogP contribution >= 0.6 is 34.6 Å². The van der Waals surface area contributed by atoms with Crippen molar-refractivity contribution in [2.75, 3.05) is 12.4 Å². The highest BCUT2D eigenvalue weighted by molar-refractivity contribution is 7.99. The lowest BCUT2D eigenvalue weighted by Gasteiger charge is -2.26. The van der Waals surface area contributed by atoms with Gasteiger partial charge in [0.2, 0.25) is 11.8 Å². The Labute approximate surface area is 192 Å². The summed E-state index contributed by atoms with van der Waals surface area (Å²) in [5.74, 6) is -0.609. The number of rotatable bonds is 10. The molecule has 1 atom stereocenters. The van der Waals surface area contributed by atoms with Crippen LogP contribution < -0.4 is 15.4 Å². The van der Waals surface area contributed by atoms with Crippen molar-refractivity contribution < 1.29 is 19.2 Å². The number of hydrogen-bond acceptors (Lipinski definition) is 9. The topological polar surface area (TPSA) is 120 Å². The second-order valence-corrected chi connectivity index (χ2v) is 9.98. The van der Waals surface area contributed by atoms with Crippen LogP contribution in [0.25, 0.3) is 0 Å². The number of anilines is 1. The molecule has 1 aliphatic rings. The molecule has 2 aromatic rings. The Morgan fingerprint density at radius 2 is 2.19 bits per heavy atom. The number of aryl methyl sites for hydroxylation is 1. The monoisotopic (exact) mass is 481 g/mol. The lowest BCUT2D eigenvalue weighted by Crippen LogP contribution is -2.46. The second-order valence-electron chi connectivity index (χ2n) is 6.85. The van der Waals surface area contributed by atoms with E-state index in [1.807, 2.05) is 12.3 Å². The van der Waals surface area contributed by atoms with Crippen LogP contribution in [0, 0.1) is 6.92 Å². The van der Waals surface area contributed by atoms with Gasteiger partial charge >= 0.3 is 0 Å². The Kier molecular flexibility index (Phi) is 7.81. The van der Waals surface area contributed by atoms with Crippen molar-refractivity contribution >= 4 is 63.8 Å². The first-order chi connectivity index (χ1) is 14.8. The standard InChI is InChI=1S/C19H23N5O4S3/c1-10-18(30-19(22-10)23-11(2)26)31-21-7-15-12-8-24(17(28)13(12)9-29-15)14(5-4-6-25)16(27)20-3/h6,9,14,21H,4-5,7-8H2,1-3H3,(H,20,27)(H,22,23,26). The number of thiazole rings is 1. The fourth-order valence-electron chi connectivity index (χ4n) is 3.24. The first-order valence-corrected chi connectivity index (χ1v) is 12.1. The maximum Gasteiger partial charge on any atom is 0.256 e. The molecule has 0 radical (unpaired) electrons. The third kappa shape index (κ3) is 5.32. The highest BCUT2D eigenvalue weighted by Gasteiger charge is 2.37. The average Bonchev–Trinajstić information content (AvgIpc) is 3.38. The molecule has 31 heavy (non-hydrogen) atoms. The molecule has 0 saturated carbocycles. The molecule has 2 aromatic heterocycles. The third-order valence-electron chi connectivity index (χ3n) is 4.72. The molecule has 12 heteroatoms. The molecule has 3 amide bonds. The fraction of sp³-hybridized carbons (Fsp3) is 0.421. The van der Waals surface area contributed by atoms with Gasteiger partial charge in [-0.25, -0.2) is 4.98 Å². The van der Waals surface area contributed by atoms with Crippen LogP contribution in [0.4, 0.5) is 5.13 Å². The summed E-state index contributed by atoms with van der Waals surface area (Å²) in [6, 6.07) is -0.665. The molecule has 3 heterocycles. The van der Waals surface area contributed by atoms with Crippen LogP contribution in [0.5, 0.6) is 0 Å². The molecule has 0 bridgehead atoms. The average molecular weight is 482 g/mol. The van der Waals surface area contributed by atoms with Gasteiger partial charge in [0, 0.05) is 43.7 Å². The second kappa shape index (κ2) is 10.4. The lowest BCUT2D eigenvalue weighted by molar-refractivity contribution is -0.125. The van der Waals surface area contributed by atoms with Gasteiger partial charge in [-0.15, -0.1) is 11.3 Å². The summed E-state index contributed by atoms with van der Waals surface area (Å²) in [5, 5.41) is 7.65. The largest absolute Gasteiger partial charge is 0.357 e. The van der Waals surface area contributed by atoms with Crippen molar-refractivity contribution in [2.24, 2.45) is 0 Å². The van der Waals surface area contributed by atoms with Gasteiger partial charge in [-0.05, 0) is 30.9 Å². The van der Waals surface area contributed by atoms with Gasteiger partial charge < -0.3 is 20.3 Å². The van der Waals surface area contributed by atoms with Crippen LogP contribution in [0.15, 0.2) is 9.59 Å². The number of aldehydes is 1. The van der Waals surface area contributed by atoms with Gasteiger partial charge in [-0.3, -0.25) is 19.1 Å². The van der Waals surface area contributed by atoms with E-state index in [1.165, 1.54) is 48.6 Å². The first-order valence-electron chi connectivity index (χ1n) is 9.55. The van der Waals surface area contributed by atoms with Gasteiger partial charge in [-0.1, -0.05) is 11.3 Å². The van der Waals surface area contributed by atoms with Gasteiger partial charge in [0.15, 0.2) is 5.13 Å². The zero-order valence-corrected chi connectivity index (χ0v) is 19.8. The number of aromatic nitrogens is 1. The molecule has 1 aliphatic heterocycles. The summed E-state index contributed by atoms with van der Waals surface area (Å²) in [4.78, 5) is 54.0. The van der Waals surface area contributed by atoms with Crippen LogP contribution in [0.2, 0.25) is 0 Å². The summed E-state index contributed by atoms with van der Waals surface area (Å²) < 4.78 is 4.25. The Hall–Kier alpha value is -2.28. The summed E-state index contributed by atoms with van der Waals surface area (Å²) >= 11 is 4.33. The number of hydrogen-bond donors (Lipinski definition) is 3. The van der Waals surface area contributed by atoms with E-state index in [1.54, 1.807) is 4.90 Å². The number of amides is 3. The molecule has 0 spiro atoms. The number of carbonyl (C=O) groups is 4. The molecule has 0 saturated heterocycles. The molecule has 0 aromatic carbocycles. The quantitative estimate of drug-likeness (QED) is 0.352. The van der Waals surface area contributed by atoms with Crippen LogP contribution in [-0.2, 0) is 27.5 Å². The Balaban J connectivity index is 1.65. The van der Waals surface area contributed by atoms with E-state index >= 15 is 0 Å². The Morgan fingerprint density at radius 1 is 1.42 bits per heavy atom. The highest BCUT2D eigenvalue weighted by Crippen LogP contribution is 2.35. The minimum atomic E-state index is -0.665. The Bertz CT molecular complexity index is 1000. The van der Waals surface area contributed by atoms with Crippen molar-refractivity contribution in [1.82, 2.24) is 19.9 Å². The van der Waals surface area contributed by atoms with E-state index in [4.69, 9.17) is 0 Å². The number of likely N-dealkylation sites (N-methyl/N-ethyl adjacent to an activating group) is 1. The van der Waals surface area contributed by atoms with Gasteiger partial charge in [0.1, 0.15) is 16.5 Å². The van der Waals surface area contributed by atoms with Crippen molar-refractivity contribution in [3.63, 3.8) is 0 Å².